The monoisotopic (exact) mass is 368 g/mol. The number of thiophene rings is 1. The minimum Gasteiger partial charge on any atom is -0.507 e. The number of halogens is 1. The highest BCUT2D eigenvalue weighted by atomic mass is 79.9. The number of phenols is 1. The van der Waals surface area contributed by atoms with Gasteiger partial charge >= 0.3 is 0 Å². The molecule has 2 aromatic rings. The van der Waals surface area contributed by atoms with Crippen LogP contribution in [0.3, 0.4) is 0 Å². The third kappa shape index (κ3) is 4.06. The third-order valence-corrected chi connectivity index (χ3v) is 4.41. The van der Waals surface area contributed by atoms with Crippen molar-refractivity contribution in [1.29, 1.82) is 0 Å². The molecule has 0 aliphatic rings. The largest absolute Gasteiger partial charge is 0.507 e. The minimum atomic E-state index is -0.276. The molecule has 0 fully saturated rings. The SMILES string of the molecule is CN(C)C(CNC(=O)c1ccc(Br)cc1O)c1ccsc1. The van der Waals surface area contributed by atoms with Crippen LogP contribution in [0, 0.1) is 0 Å². The molecule has 21 heavy (non-hydrogen) atoms. The summed E-state index contributed by atoms with van der Waals surface area (Å²) in [5.41, 5.74) is 1.45. The summed E-state index contributed by atoms with van der Waals surface area (Å²) in [6.45, 7) is 0.484. The Hall–Kier alpha value is -1.37. The van der Waals surface area contributed by atoms with Gasteiger partial charge in [0, 0.05) is 11.0 Å². The summed E-state index contributed by atoms with van der Waals surface area (Å²) in [5, 5.41) is 16.8. The van der Waals surface area contributed by atoms with Crippen LogP contribution in [-0.4, -0.2) is 36.6 Å². The Morgan fingerprint density at radius 3 is 2.76 bits per heavy atom. The van der Waals surface area contributed by atoms with Crippen LogP contribution in [0.2, 0.25) is 0 Å². The molecule has 2 N–H and O–H groups in total. The van der Waals surface area contributed by atoms with Gasteiger partial charge in [0.2, 0.25) is 0 Å². The minimum absolute atomic E-state index is 0.0289. The van der Waals surface area contributed by atoms with Gasteiger partial charge in [-0.3, -0.25) is 4.79 Å². The number of aromatic hydroxyl groups is 1. The summed E-state index contributed by atoms with van der Waals surface area (Å²) in [6, 6.07) is 7.01. The van der Waals surface area contributed by atoms with Gasteiger partial charge in [-0.25, -0.2) is 0 Å². The second kappa shape index (κ2) is 7.06. The van der Waals surface area contributed by atoms with Crippen LogP contribution in [0.4, 0.5) is 0 Å². The summed E-state index contributed by atoms with van der Waals surface area (Å²) in [4.78, 5) is 14.2. The molecular weight excluding hydrogens is 352 g/mol. The molecule has 0 saturated heterocycles. The van der Waals surface area contributed by atoms with Gasteiger partial charge in [-0.2, -0.15) is 11.3 Å². The fourth-order valence-corrected chi connectivity index (χ4v) is 3.10. The topological polar surface area (TPSA) is 52.6 Å². The molecule has 0 aliphatic heterocycles. The number of rotatable bonds is 5. The van der Waals surface area contributed by atoms with Gasteiger partial charge < -0.3 is 15.3 Å². The molecule has 112 valence electrons. The second-order valence-electron chi connectivity index (χ2n) is 4.91. The van der Waals surface area contributed by atoms with Gasteiger partial charge in [0.05, 0.1) is 11.6 Å². The van der Waals surface area contributed by atoms with Crippen LogP contribution >= 0.6 is 27.3 Å². The number of carbonyl (C=O) groups is 1. The molecule has 2 rings (SSSR count). The predicted molar refractivity (Wildman–Crippen MR) is 88.9 cm³/mol. The lowest BCUT2D eigenvalue weighted by molar-refractivity contribution is 0.0939. The lowest BCUT2D eigenvalue weighted by Gasteiger charge is -2.24. The Morgan fingerprint density at radius 2 is 2.19 bits per heavy atom. The zero-order valence-electron chi connectivity index (χ0n) is 11.8. The molecule has 0 spiro atoms. The van der Waals surface area contributed by atoms with Crippen LogP contribution < -0.4 is 5.32 Å². The maximum absolute atomic E-state index is 12.2. The summed E-state index contributed by atoms with van der Waals surface area (Å²) < 4.78 is 0.737. The molecule has 0 aliphatic carbocycles. The summed E-state index contributed by atoms with van der Waals surface area (Å²) in [7, 11) is 3.96. The van der Waals surface area contributed by atoms with Crippen molar-refractivity contribution < 1.29 is 9.90 Å². The van der Waals surface area contributed by atoms with Crippen LogP contribution in [0.1, 0.15) is 22.0 Å². The first-order valence-corrected chi connectivity index (χ1v) is 8.18. The maximum atomic E-state index is 12.2. The van der Waals surface area contributed by atoms with E-state index in [9.17, 15) is 9.90 Å². The average Bonchev–Trinajstić information content (AvgIpc) is 2.92. The summed E-state index contributed by atoms with van der Waals surface area (Å²) in [5.74, 6) is -0.305. The Bertz CT molecular complexity index is 614. The Balaban J connectivity index is 2.05. The van der Waals surface area contributed by atoms with Crippen molar-refractivity contribution >= 4 is 33.2 Å². The zero-order valence-corrected chi connectivity index (χ0v) is 14.2. The number of hydrogen-bond donors (Lipinski definition) is 2. The molecule has 6 heteroatoms. The number of nitrogens with one attached hydrogen (secondary N) is 1. The lowest BCUT2D eigenvalue weighted by atomic mass is 10.1. The average molecular weight is 369 g/mol. The highest BCUT2D eigenvalue weighted by Gasteiger charge is 2.17. The van der Waals surface area contributed by atoms with Crippen LogP contribution in [-0.2, 0) is 0 Å². The van der Waals surface area contributed by atoms with Crippen molar-refractivity contribution in [1.82, 2.24) is 10.2 Å². The number of likely N-dealkylation sites (N-methyl/N-ethyl adjacent to an activating group) is 1. The van der Waals surface area contributed by atoms with E-state index < -0.39 is 0 Å². The van der Waals surface area contributed by atoms with Gasteiger partial charge in [0.15, 0.2) is 0 Å². The van der Waals surface area contributed by atoms with Gasteiger partial charge in [-0.15, -0.1) is 0 Å². The smallest absolute Gasteiger partial charge is 0.255 e. The van der Waals surface area contributed by atoms with E-state index in [2.05, 4.69) is 37.6 Å². The molecule has 1 unspecified atom stereocenters. The Morgan fingerprint density at radius 1 is 1.43 bits per heavy atom. The molecule has 1 aromatic carbocycles. The van der Waals surface area contributed by atoms with Gasteiger partial charge in [-0.1, -0.05) is 15.9 Å². The van der Waals surface area contributed by atoms with Gasteiger partial charge in [0.25, 0.3) is 5.91 Å². The van der Waals surface area contributed by atoms with Crippen LogP contribution in [0.15, 0.2) is 39.5 Å². The molecule has 0 saturated carbocycles. The standard InChI is InChI=1S/C15H17BrN2O2S/c1-18(2)13(10-5-6-21-9-10)8-17-15(20)12-4-3-11(16)7-14(12)19/h3-7,9,13,19H,8H2,1-2H3,(H,17,20). The van der Waals surface area contributed by atoms with Gasteiger partial charge in [0.1, 0.15) is 5.75 Å². The van der Waals surface area contributed by atoms with E-state index in [0.29, 0.717) is 6.54 Å². The summed E-state index contributed by atoms with van der Waals surface area (Å²) in [6.07, 6.45) is 0. The summed E-state index contributed by atoms with van der Waals surface area (Å²) >= 11 is 4.89. The van der Waals surface area contributed by atoms with Crippen molar-refractivity contribution in [2.75, 3.05) is 20.6 Å². The molecular formula is C15H17BrN2O2S. The first kappa shape index (κ1) is 16.0. The van der Waals surface area contributed by atoms with Crippen LogP contribution in [0.5, 0.6) is 5.75 Å². The van der Waals surface area contributed by atoms with E-state index >= 15 is 0 Å². The Labute approximate surface area is 136 Å². The van der Waals surface area contributed by atoms with Crippen molar-refractivity contribution in [2.45, 2.75) is 6.04 Å². The fraction of sp³-hybridized carbons (Fsp3) is 0.267. The molecule has 0 bridgehead atoms. The molecule has 1 aromatic heterocycles. The van der Waals surface area contributed by atoms with Crippen LogP contribution in [0.25, 0.3) is 0 Å². The van der Waals surface area contributed by atoms with E-state index in [-0.39, 0.29) is 23.3 Å². The molecule has 0 radical (unpaired) electrons. The number of amides is 1. The number of phenolic OH excluding ortho intramolecular Hbond substituents is 1. The number of hydrogen-bond acceptors (Lipinski definition) is 4. The molecule has 1 heterocycles. The quantitative estimate of drug-likeness (QED) is 0.851. The van der Waals surface area contributed by atoms with E-state index in [0.717, 1.165) is 4.47 Å². The lowest BCUT2D eigenvalue weighted by Crippen LogP contribution is -2.34. The fourth-order valence-electron chi connectivity index (χ4n) is 2.04. The normalized spacial score (nSPS) is 12.4. The van der Waals surface area contributed by atoms with Crippen molar-refractivity contribution in [2.24, 2.45) is 0 Å². The Kier molecular flexibility index (Phi) is 5.39. The maximum Gasteiger partial charge on any atom is 0.255 e. The molecule has 1 atom stereocenters. The second-order valence-corrected chi connectivity index (χ2v) is 6.60. The van der Waals surface area contributed by atoms with Crippen molar-refractivity contribution in [3.05, 3.63) is 50.6 Å². The number of benzene rings is 1. The molecule has 4 nitrogen and oxygen atoms in total. The van der Waals surface area contributed by atoms with E-state index in [4.69, 9.17) is 0 Å². The van der Waals surface area contributed by atoms with Crippen molar-refractivity contribution in [3.63, 3.8) is 0 Å². The predicted octanol–water partition coefficient (Wildman–Crippen LogP) is 3.25. The zero-order chi connectivity index (χ0) is 15.4. The van der Waals surface area contributed by atoms with E-state index in [1.54, 1.807) is 23.5 Å². The molecule has 1 amide bonds. The first-order chi connectivity index (χ1) is 9.99. The number of carbonyl (C=O) groups excluding carboxylic acids is 1. The first-order valence-electron chi connectivity index (χ1n) is 6.44. The highest BCUT2D eigenvalue weighted by Crippen LogP contribution is 2.23. The van der Waals surface area contributed by atoms with E-state index in [1.807, 2.05) is 19.5 Å². The highest BCUT2D eigenvalue weighted by molar-refractivity contribution is 9.10. The number of nitrogens with zero attached hydrogens (tertiary/aromatic N) is 1. The van der Waals surface area contributed by atoms with Crippen molar-refractivity contribution in [3.8, 4) is 5.75 Å². The van der Waals surface area contributed by atoms with Gasteiger partial charge in [-0.05, 0) is 54.7 Å². The third-order valence-electron chi connectivity index (χ3n) is 3.21. The van der Waals surface area contributed by atoms with E-state index in [1.165, 1.54) is 11.6 Å².